The Hall–Kier alpha value is -0.190. The lowest BCUT2D eigenvalue weighted by Crippen LogP contribution is -2.43. The molecule has 0 aromatic carbocycles. The first-order valence-electron chi connectivity index (χ1n) is 3.77. The van der Waals surface area contributed by atoms with Crippen molar-refractivity contribution in [1.82, 2.24) is 0 Å². The van der Waals surface area contributed by atoms with Crippen LogP contribution in [-0.2, 0) is 4.74 Å². The molecule has 2 unspecified atom stereocenters. The van der Waals surface area contributed by atoms with Crippen LogP contribution in [0.1, 0.15) is 12.8 Å². The van der Waals surface area contributed by atoms with Crippen LogP contribution in [0.3, 0.4) is 0 Å². The van der Waals surface area contributed by atoms with Crippen molar-refractivity contribution in [3.63, 3.8) is 0 Å². The molecular weight excluding hydrogens is 149 g/mol. The van der Waals surface area contributed by atoms with Gasteiger partial charge in [0.15, 0.2) is 0 Å². The van der Waals surface area contributed by atoms with E-state index < -0.39 is 18.3 Å². The molecule has 0 spiro atoms. The third kappa shape index (κ3) is 2.39. The van der Waals surface area contributed by atoms with E-state index in [1.54, 1.807) is 0 Å². The lowest BCUT2D eigenvalue weighted by molar-refractivity contribution is 0.0947. The molecule has 1 saturated heterocycles. The van der Waals surface area contributed by atoms with E-state index in [-0.39, 0.29) is 0 Å². The van der Waals surface area contributed by atoms with Crippen LogP contribution in [0.25, 0.3) is 0 Å². The molecule has 1 aliphatic heterocycles. The van der Waals surface area contributed by atoms with Gasteiger partial charge >= 0.3 is 0 Å². The number of alkyl halides is 1. The quantitative estimate of drug-likeness (QED) is 0.607. The second-order valence-electron chi connectivity index (χ2n) is 3.18. The zero-order valence-electron chi connectivity index (χ0n) is 6.42. The van der Waals surface area contributed by atoms with Crippen molar-refractivity contribution in [2.75, 3.05) is 19.9 Å². The largest absolute Gasteiger partial charge is 0.390 e. The monoisotopic (exact) mass is 163 g/mol. The second-order valence-corrected chi connectivity index (χ2v) is 3.18. The lowest BCUT2D eigenvalue weighted by Gasteiger charge is -2.23. The molecule has 0 saturated carbocycles. The van der Waals surface area contributed by atoms with Gasteiger partial charge in [-0.15, -0.1) is 0 Å². The van der Waals surface area contributed by atoms with E-state index in [1.165, 1.54) is 0 Å². The first kappa shape index (κ1) is 8.90. The number of aliphatic hydroxyl groups excluding tert-OH is 1. The standard InChI is InChI=1S/C7H14FNO2/c8-4-6(10)3-7(9)1-2-11-5-7/h6,10H,1-5,9H2. The van der Waals surface area contributed by atoms with Crippen LogP contribution in [-0.4, -0.2) is 36.6 Å². The highest BCUT2D eigenvalue weighted by molar-refractivity contribution is 4.89. The van der Waals surface area contributed by atoms with Crippen molar-refractivity contribution < 1.29 is 14.2 Å². The molecule has 3 N–H and O–H groups in total. The second kappa shape index (κ2) is 3.47. The number of hydrogen-bond donors (Lipinski definition) is 2. The van der Waals surface area contributed by atoms with Crippen LogP contribution >= 0.6 is 0 Å². The Balaban J connectivity index is 2.33. The number of nitrogens with two attached hydrogens (primary N) is 1. The van der Waals surface area contributed by atoms with Crippen LogP contribution in [0.5, 0.6) is 0 Å². The molecule has 0 radical (unpaired) electrons. The zero-order valence-corrected chi connectivity index (χ0v) is 6.42. The van der Waals surface area contributed by atoms with E-state index in [1.807, 2.05) is 0 Å². The maximum absolute atomic E-state index is 11.9. The van der Waals surface area contributed by atoms with Crippen LogP contribution in [0, 0.1) is 0 Å². The molecule has 2 atom stereocenters. The van der Waals surface area contributed by atoms with E-state index in [0.717, 1.165) is 0 Å². The maximum atomic E-state index is 11.9. The fraction of sp³-hybridized carbons (Fsp3) is 1.00. The number of rotatable bonds is 3. The Morgan fingerprint density at radius 2 is 2.45 bits per heavy atom. The molecule has 11 heavy (non-hydrogen) atoms. The highest BCUT2D eigenvalue weighted by Crippen LogP contribution is 2.20. The number of hydrogen-bond acceptors (Lipinski definition) is 3. The third-order valence-corrected chi connectivity index (χ3v) is 1.95. The van der Waals surface area contributed by atoms with Crippen LogP contribution < -0.4 is 5.73 Å². The Bertz CT molecular complexity index is 126. The summed E-state index contributed by atoms with van der Waals surface area (Å²) in [5.74, 6) is 0. The van der Waals surface area contributed by atoms with E-state index in [0.29, 0.717) is 26.1 Å². The molecule has 3 nitrogen and oxygen atoms in total. The van der Waals surface area contributed by atoms with Crippen molar-refractivity contribution in [3.05, 3.63) is 0 Å². The van der Waals surface area contributed by atoms with Gasteiger partial charge in [0.2, 0.25) is 0 Å². The summed E-state index contributed by atoms with van der Waals surface area (Å²) in [5.41, 5.74) is 5.29. The average molecular weight is 163 g/mol. The number of halogens is 1. The first-order chi connectivity index (χ1) is 5.16. The summed E-state index contributed by atoms with van der Waals surface area (Å²) in [7, 11) is 0. The number of ether oxygens (including phenoxy) is 1. The molecule has 4 heteroatoms. The summed E-state index contributed by atoms with van der Waals surface area (Å²) < 4.78 is 16.9. The molecule has 0 amide bonds. The fourth-order valence-electron chi connectivity index (χ4n) is 1.31. The molecule has 1 aliphatic rings. The van der Waals surface area contributed by atoms with Crippen molar-refractivity contribution in [2.24, 2.45) is 5.73 Å². The Labute approximate surface area is 65.3 Å². The highest BCUT2D eigenvalue weighted by atomic mass is 19.1. The predicted molar refractivity (Wildman–Crippen MR) is 39.0 cm³/mol. The van der Waals surface area contributed by atoms with Gasteiger partial charge in [-0.3, -0.25) is 0 Å². The van der Waals surface area contributed by atoms with Gasteiger partial charge in [0.05, 0.1) is 12.7 Å². The van der Waals surface area contributed by atoms with E-state index in [4.69, 9.17) is 15.6 Å². The molecule has 66 valence electrons. The summed E-state index contributed by atoms with van der Waals surface area (Å²) in [6.45, 7) is 0.332. The Kier molecular flexibility index (Phi) is 2.81. The summed E-state index contributed by atoms with van der Waals surface area (Å²) in [5, 5.41) is 8.97. The first-order valence-corrected chi connectivity index (χ1v) is 3.77. The molecule has 0 bridgehead atoms. The molecule has 0 aromatic heterocycles. The smallest absolute Gasteiger partial charge is 0.115 e. The third-order valence-electron chi connectivity index (χ3n) is 1.95. The molecule has 1 rings (SSSR count). The van der Waals surface area contributed by atoms with Gasteiger partial charge in [0.1, 0.15) is 6.67 Å². The van der Waals surface area contributed by atoms with E-state index in [9.17, 15) is 4.39 Å². The maximum Gasteiger partial charge on any atom is 0.115 e. The van der Waals surface area contributed by atoms with E-state index in [2.05, 4.69) is 0 Å². The number of aliphatic hydroxyl groups is 1. The Morgan fingerprint density at radius 3 is 2.91 bits per heavy atom. The van der Waals surface area contributed by atoms with Gasteiger partial charge in [-0.25, -0.2) is 4.39 Å². The fourth-order valence-corrected chi connectivity index (χ4v) is 1.31. The van der Waals surface area contributed by atoms with E-state index >= 15 is 0 Å². The van der Waals surface area contributed by atoms with Gasteiger partial charge in [-0.05, 0) is 12.8 Å². The average Bonchev–Trinajstić information content (AvgIpc) is 2.36. The molecule has 1 fully saturated rings. The summed E-state index contributed by atoms with van der Waals surface area (Å²) in [4.78, 5) is 0. The summed E-state index contributed by atoms with van der Waals surface area (Å²) >= 11 is 0. The minimum atomic E-state index is -0.929. The van der Waals surface area contributed by atoms with Crippen molar-refractivity contribution in [1.29, 1.82) is 0 Å². The van der Waals surface area contributed by atoms with Crippen molar-refractivity contribution in [2.45, 2.75) is 24.5 Å². The minimum absolute atomic E-state index is 0.295. The van der Waals surface area contributed by atoms with Gasteiger partial charge in [-0.1, -0.05) is 0 Å². The summed E-state index contributed by atoms with van der Waals surface area (Å²) in [6, 6.07) is 0. The SMILES string of the molecule is NC1(CC(O)CF)CCOC1. The van der Waals surface area contributed by atoms with Crippen molar-refractivity contribution >= 4 is 0 Å². The predicted octanol–water partition coefficient (Wildman–Crippen LogP) is -0.175. The van der Waals surface area contributed by atoms with Gasteiger partial charge < -0.3 is 15.6 Å². The van der Waals surface area contributed by atoms with Gasteiger partial charge in [0.25, 0.3) is 0 Å². The van der Waals surface area contributed by atoms with Gasteiger partial charge in [-0.2, -0.15) is 0 Å². The summed E-state index contributed by atoms with van der Waals surface area (Å²) in [6.07, 6.45) is 0.0785. The Morgan fingerprint density at radius 1 is 1.73 bits per heavy atom. The van der Waals surface area contributed by atoms with Gasteiger partial charge in [0, 0.05) is 12.1 Å². The van der Waals surface area contributed by atoms with Crippen LogP contribution in [0.15, 0.2) is 0 Å². The lowest BCUT2D eigenvalue weighted by atomic mass is 9.93. The topological polar surface area (TPSA) is 55.5 Å². The normalized spacial score (nSPS) is 34.1. The molecule has 0 aliphatic carbocycles. The minimum Gasteiger partial charge on any atom is -0.390 e. The zero-order chi connectivity index (χ0) is 8.32. The molecule has 0 aromatic rings. The molecule has 1 heterocycles. The van der Waals surface area contributed by atoms with Crippen LogP contribution in [0.4, 0.5) is 4.39 Å². The highest BCUT2D eigenvalue weighted by Gasteiger charge is 2.32. The molecular formula is C7H14FNO2. The van der Waals surface area contributed by atoms with Crippen LogP contribution in [0.2, 0.25) is 0 Å². The van der Waals surface area contributed by atoms with Crippen molar-refractivity contribution in [3.8, 4) is 0 Å².